The van der Waals surface area contributed by atoms with E-state index in [0.29, 0.717) is 17.0 Å². The lowest BCUT2D eigenvalue weighted by Crippen LogP contribution is -2.48. The van der Waals surface area contributed by atoms with Gasteiger partial charge in [0.05, 0.1) is 0 Å². The van der Waals surface area contributed by atoms with E-state index >= 15 is 0 Å². The van der Waals surface area contributed by atoms with Crippen molar-refractivity contribution in [3.8, 4) is 0 Å². The van der Waals surface area contributed by atoms with Crippen LogP contribution in [0.4, 0.5) is 0 Å². The highest BCUT2D eigenvalue weighted by Crippen LogP contribution is 2.61. The first-order valence-electron chi connectivity index (χ1n) is 10.2. The molecule has 4 saturated carbocycles. The molecule has 2 N–H and O–H groups in total. The minimum atomic E-state index is -0.458. The summed E-state index contributed by atoms with van der Waals surface area (Å²) in [5.41, 5.74) is 3.99. The monoisotopic (exact) mass is 356 g/mol. The molecule has 0 saturated heterocycles. The van der Waals surface area contributed by atoms with Crippen LogP contribution in [-0.2, 0) is 6.54 Å². The zero-order valence-corrected chi connectivity index (χ0v) is 16.1. The Balaban J connectivity index is 1.36. The molecule has 1 aromatic rings. The minimum Gasteiger partial charge on any atom is -0.299 e. The second kappa shape index (κ2) is 6.97. The van der Waals surface area contributed by atoms with Crippen molar-refractivity contribution in [1.82, 2.24) is 10.4 Å². The first kappa shape index (κ1) is 18.0. The molecule has 142 valence electrons. The molecule has 26 heavy (non-hydrogen) atoms. The van der Waals surface area contributed by atoms with Crippen molar-refractivity contribution in [2.24, 2.45) is 23.2 Å². The molecule has 0 heterocycles. The van der Waals surface area contributed by atoms with Gasteiger partial charge in [-0.1, -0.05) is 12.1 Å². The quantitative estimate of drug-likeness (QED) is 0.592. The molecule has 1 unspecified atom stereocenters. The Morgan fingerprint density at radius 2 is 1.69 bits per heavy atom. The van der Waals surface area contributed by atoms with Crippen molar-refractivity contribution in [3.05, 3.63) is 35.4 Å². The third-order valence-corrected chi connectivity index (χ3v) is 7.40. The van der Waals surface area contributed by atoms with E-state index in [0.717, 1.165) is 24.3 Å². The van der Waals surface area contributed by atoms with Crippen molar-refractivity contribution >= 4 is 5.91 Å². The molecule has 1 amide bonds. The summed E-state index contributed by atoms with van der Waals surface area (Å²) in [6.07, 6.45) is 10.3. The first-order valence-corrected chi connectivity index (χ1v) is 10.2. The molecule has 0 spiro atoms. The highest BCUT2D eigenvalue weighted by molar-refractivity contribution is 5.93. The van der Waals surface area contributed by atoms with Gasteiger partial charge in [0.25, 0.3) is 5.91 Å². The summed E-state index contributed by atoms with van der Waals surface area (Å²) < 4.78 is 0. The maximum absolute atomic E-state index is 11.4. The molecule has 0 radical (unpaired) electrons. The molecule has 4 heteroatoms. The Morgan fingerprint density at radius 1 is 1.15 bits per heavy atom. The fourth-order valence-corrected chi connectivity index (χ4v) is 6.59. The van der Waals surface area contributed by atoms with Gasteiger partial charge >= 0.3 is 0 Å². The van der Waals surface area contributed by atoms with Crippen LogP contribution in [0, 0.1) is 23.2 Å². The number of hydrogen-bond donors (Lipinski definition) is 2. The maximum Gasteiger partial charge on any atom is 0.274 e. The van der Waals surface area contributed by atoms with Gasteiger partial charge in [-0.25, -0.2) is 5.48 Å². The lowest BCUT2D eigenvalue weighted by Gasteiger charge is -2.58. The molecule has 0 aliphatic heterocycles. The molecule has 4 aliphatic carbocycles. The smallest absolute Gasteiger partial charge is 0.274 e. The molecule has 4 bridgehead atoms. The molecule has 1 aromatic carbocycles. The van der Waals surface area contributed by atoms with Gasteiger partial charge in [0.2, 0.25) is 0 Å². The van der Waals surface area contributed by atoms with Crippen molar-refractivity contribution in [3.63, 3.8) is 0 Å². The van der Waals surface area contributed by atoms with Crippen LogP contribution in [0.15, 0.2) is 24.3 Å². The lowest BCUT2D eigenvalue weighted by atomic mass is 9.48. The number of nitrogens with zero attached hydrogens (tertiary/aromatic N) is 1. The summed E-state index contributed by atoms with van der Waals surface area (Å²) in [6.45, 7) is 3.28. The van der Waals surface area contributed by atoms with Crippen molar-refractivity contribution in [2.45, 2.75) is 64.5 Å². The van der Waals surface area contributed by atoms with E-state index in [4.69, 9.17) is 5.21 Å². The molecular formula is C22H32N2O2. The van der Waals surface area contributed by atoms with E-state index in [-0.39, 0.29) is 0 Å². The minimum absolute atomic E-state index is 0.458. The second-order valence-corrected chi connectivity index (χ2v) is 9.52. The predicted molar refractivity (Wildman–Crippen MR) is 102 cm³/mol. The lowest BCUT2D eigenvalue weighted by molar-refractivity contribution is -0.0675. The molecule has 1 atom stereocenters. The molecule has 0 aromatic heterocycles. The van der Waals surface area contributed by atoms with Crippen molar-refractivity contribution in [1.29, 1.82) is 0 Å². The van der Waals surface area contributed by atoms with Crippen LogP contribution in [0.1, 0.15) is 67.8 Å². The predicted octanol–water partition coefficient (Wildman–Crippen LogP) is 4.23. The topological polar surface area (TPSA) is 52.6 Å². The van der Waals surface area contributed by atoms with Crippen molar-refractivity contribution in [2.75, 3.05) is 7.05 Å². The van der Waals surface area contributed by atoms with Crippen molar-refractivity contribution < 1.29 is 10.0 Å². The molecule has 5 rings (SSSR count). The zero-order chi connectivity index (χ0) is 18.3. The third-order valence-electron chi connectivity index (χ3n) is 7.40. The van der Waals surface area contributed by atoms with Crippen LogP contribution in [0.5, 0.6) is 0 Å². The summed E-state index contributed by atoms with van der Waals surface area (Å²) >= 11 is 0. The Hall–Kier alpha value is -1.39. The standard InChI is InChI=1S/C22H32N2O2/c1-15(10-22-11-17-7-18(12-22)9-19(8-17)13-22)24(2)14-16-3-5-20(6-4-16)21(25)23-26/h3-6,15,17-19,26H,7-14H2,1-2H3,(H,23,25). The van der Waals surface area contributed by atoms with Gasteiger partial charge in [-0.3, -0.25) is 14.9 Å². The summed E-state index contributed by atoms with van der Waals surface area (Å²) in [4.78, 5) is 13.9. The Kier molecular flexibility index (Phi) is 4.83. The zero-order valence-electron chi connectivity index (χ0n) is 16.1. The van der Waals surface area contributed by atoms with E-state index in [2.05, 4.69) is 18.9 Å². The summed E-state index contributed by atoms with van der Waals surface area (Å²) in [5, 5.41) is 8.72. The molecule has 4 nitrogen and oxygen atoms in total. The normalized spacial score (nSPS) is 33.5. The summed E-state index contributed by atoms with van der Waals surface area (Å²) in [6, 6.07) is 8.10. The molecule has 4 aliphatic rings. The highest BCUT2D eigenvalue weighted by atomic mass is 16.5. The molecule has 4 fully saturated rings. The number of nitrogens with one attached hydrogen (secondary N) is 1. The van der Waals surface area contributed by atoms with Gasteiger partial charge < -0.3 is 0 Å². The molecular weight excluding hydrogens is 324 g/mol. The summed E-state index contributed by atoms with van der Waals surface area (Å²) in [7, 11) is 2.22. The van der Waals surface area contributed by atoms with Crippen LogP contribution in [0.2, 0.25) is 0 Å². The van der Waals surface area contributed by atoms with E-state index < -0.39 is 5.91 Å². The van der Waals surface area contributed by atoms with Crippen LogP contribution in [0.3, 0.4) is 0 Å². The Bertz CT molecular complexity index is 619. The van der Waals surface area contributed by atoms with Gasteiger partial charge in [0.15, 0.2) is 0 Å². The maximum atomic E-state index is 11.4. The van der Waals surface area contributed by atoms with Crippen LogP contribution in [0.25, 0.3) is 0 Å². The first-order chi connectivity index (χ1) is 12.5. The van der Waals surface area contributed by atoms with Crippen LogP contribution < -0.4 is 5.48 Å². The van der Waals surface area contributed by atoms with E-state index in [1.807, 2.05) is 12.1 Å². The van der Waals surface area contributed by atoms with Gasteiger partial charge in [-0.05, 0) is 99.8 Å². The van der Waals surface area contributed by atoms with Gasteiger partial charge in [0.1, 0.15) is 0 Å². The number of hydroxylamine groups is 1. The SMILES string of the molecule is CC(CC12CC3CC(CC(C3)C1)C2)N(C)Cc1ccc(C(=O)NO)cc1. The largest absolute Gasteiger partial charge is 0.299 e. The average molecular weight is 357 g/mol. The number of rotatable bonds is 6. The highest BCUT2D eigenvalue weighted by Gasteiger charge is 2.51. The fraction of sp³-hybridized carbons (Fsp3) is 0.682. The number of amides is 1. The van der Waals surface area contributed by atoms with E-state index in [1.54, 1.807) is 17.6 Å². The Labute approximate surface area is 156 Å². The fourth-order valence-electron chi connectivity index (χ4n) is 6.59. The number of carbonyl (C=O) groups excluding carboxylic acids is 1. The summed E-state index contributed by atoms with van der Waals surface area (Å²) in [5.74, 6) is 2.59. The Morgan fingerprint density at radius 3 is 2.19 bits per heavy atom. The average Bonchev–Trinajstić information content (AvgIpc) is 2.60. The van der Waals surface area contributed by atoms with Gasteiger partial charge in [0, 0.05) is 18.2 Å². The van der Waals surface area contributed by atoms with Gasteiger partial charge in [-0.2, -0.15) is 0 Å². The van der Waals surface area contributed by atoms with E-state index in [1.165, 1.54) is 50.5 Å². The van der Waals surface area contributed by atoms with Gasteiger partial charge in [-0.15, -0.1) is 0 Å². The number of carbonyl (C=O) groups is 1. The second-order valence-electron chi connectivity index (χ2n) is 9.52. The van der Waals surface area contributed by atoms with Crippen LogP contribution in [-0.4, -0.2) is 29.1 Å². The third kappa shape index (κ3) is 3.54. The number of hydrogen-bond acceptors (Lipinski definition) is 3. The van der Waals surface area contributed by atoms with Crippen LogP contribution >= 0.6 is 0 Å². The van der Waals surface area contributed by atoms with E-state index in [9.17, 15) is 4.79 Å². The number of benzene rings is 1.